The number of aromatic amines is 1. The number of anilines is 2. The van der Waals surface area contributed by atoms with Crippen LogP contribution in [0.15, 0.2) is 55.0 Å². The predicted molar refractivity (Wildman–Crippen MR) is 146 cm³/mol. The van der Waals surface area contributed by atoms with Gasteiger partial charge in [-0.15, -0.1) is 0 Å². The van der Waals surface area contributed by atoms with Crippen molar-refractivity contribution in [3.05, 3.63) is 60.6 Å². The molecule has 10 heteroatoms. The zero-order valence-corrected chi connectivity index (χ0v) is 22.2. The van der Waals surface area contributed by atoms with Crippen molar-refractivity contribution >= 4 is 28.9 Å². The van der Waals surface area contributed by atoms with Crippen molar-refractivity contribution in [1.29, 1.82) is 0 Å². The Hall–Kier alpha value is -4.18. The van der Waals surface area contributed by atoms with E-state index in [0.717, 1.165) is 53.1 Å². The van der Waals surface area contributed by atoms with Crippen molar-refractivity contribution in [1.82, 2.24) is 29.7 Å². The van der Waals surface area contributed by atoms with Crippen LogP contribution in [0.3, 0.4) is 0 Å². The highest BCUT2D eigenvalue weighted by molar-refractivity contribution is 5.85. The first-order valence-electron chi connectivity index (χ1n) is 12.7. The fourth-order valence-corrected chi connectivity index (χ4v) is 4.45. The number of carbonyl (C=O) groups excluding carboxylic acids is 1. The number of ether oxygens (including phenoxy) is 2. The van der Waals surface area contributed by atoms with Crippen molar-refractivity contribution in [2.24, 2.45) is 0 Å². The maximum atomic E-state index is 12.3. The molecule has 0 unspecified atom stereocenters. The third kappa shape index (κ3) is 6.03. The number of methoxy groups -OCH3 is 1. The minimum atomic E-state index is -0.482. The molecule has 0 aliphatic carbocycles. The van der Waals surface area contributed by atoms with E-state index >= 15 is 0 Å². The summed E-state index contributed by atoms with van der Waals surface area (Å²) in [7, 11) is 1.65. The van der Waals surface area contributed by atoms with Crippen molar-refractivity contribution in [2.45, 2.75) is 32.9 Å². The number of amides is 1. The fraction of sp³-hybridized carbons (Fsp3) is 0.357. The topological polar surface area (TPSA) is 108 Å². The Morgan fingerprint density at radius 3 is 2.66 bits per heavy atom. The summed E-state index contributed by atoms with van der Waals surface area (Å²) in [5.41, 5.74) is 4.30. The molecule has 1 aliphatic heterocycles. The van der Waals surface area contributed by atoms with Crippen LogP contribution in [0.25, 0.3) is 22.2 Å². The normalized spacial score (nSPS) is 14.5. The average Bonchev–Trinajstić information content (AvgIpc) is 3.29. The number of piperazine rings is 1. The lowest BCUT2D eigenvalue weighted by Gasteiger charge is -2.35. The summed E-state index contributed by atoms with van der Waals surface area (Å²) >= 11 is 0. The Bertz CT molecular complexity index is 1420. The van der Waals surface area contributed by atoms with Gasteiger partial charge in [0.05, 0.1) is 18.1 Å². The summed E-state index contributed by atoms with van der Waals surface area (Å²) in [6.45, 7) is 9.32. The Morgan fingerprint density at radius 1 is 1.08 bits per heavy atom. The van der Waals surface area contributed by atoms with Gasteiger partial charge in [-0.05, 0) is 62.2 Å². The first-order valence-corrected chi connectivity index (χ1v) is 12.7. The van der Waals surface area contributed by atoms with Gasteiger partial charge in [0.25, 0.3) is 0 Å². The zero-order chi connectivity index (χ0) is 26.7. The molecule has 0 bridgehead atoms. The molecule has 2 N–H and O–H groups in total. The number of nitrogens with zero attached hydrogens (tertiary/aromatic N) is 5. The molecule has 5 rings (SSSR count). The number of fused-ring (bicyclic) bond motifs is 1. The van der Waals surface area contributed by atoms with Crippen LogP contribution in [0.4, 0.5) is 16.6 Å². The number of aromatic nitrogens is 4. The average molecular weight is 516 g/mol. The number of carbonyl (C=O) groups is 1. The highest BCUT2D eigenvalue weighted by Gasteiger charge is 2.25. The van der Waals surface area contributed by atoms with E-state index in [0.29, 0.717) is 24.9 Å². The number of hydrogen-bond donors (Lipinski definition) is 2. The molecular weight excluding hydrogens is 482 g/mol. The molecule has 3 aromatic heterocycles. The molecule has 38 heavy (non-hydrogen) atoms. The van der Waals surface area contributed by atoms with E-state index < -0.39 is 5.60 Å². The summed E-state index contributed by atoms with van der Waals surface area (Å²) < 4.78 is 11.0. The summed E-state index contributed by atoms with van der Waals surface area (Å²) in [6, 6.07) is 11.9. The molecule has 0 atom stereocenters. The standard InChI is InChI=1S/C28H33N7O3/c1-28(2,3)38-27(36)35-13-11-34(12-14-35)18-19-7-10-30-25(15-19)33-26-31-22-6-5-20(16-23(22)32-26)21-17-29-9-8-24(21)37-4/h5-10,15-17H,11-14,18H2,1-4H3,(H2,30,31,32,33). The number of H-pyrrole nitrogens is 1. The van der Waals surface area contributed by atoms with Gasteiger partial charge in [-0.2, -0.15) is 0 Å². The van der Waals surface area contributed by atoms with E-state index in [1.54, 1.807) is 30.6 Å². The second-order valence-corrected chi connectivity index (χ2v) is 10.3. The molecule has 1 aromatic carbocycles. The molecule has 1 saturated heterocycles. The van der Waals surface area contributed by atoms with E-state index in [9.17, 15) is 4.79 Å². The molecule has 4 heterocycles. The monoisotopic (exact) mass is 515 g/mol. The van der Waals surface area contributed by atoms with Crippen LogP contribution in [-0.4, -0.2) is 74.7 Å². The number of imidazole rings is 1. The van der Waals surface area contributed by atoms with Gasteiger partial charge in [0.1, 0.15) is 17.2 Å². The second kappa shape index (κ2) is 10.7. The number of pyridine rings is 2. The molecule has 198 valence electrons. The third-order valence-electron chi connectivity index (χ3n) is 6.29. The molecule has 1 fully saturated rings. The summed E-state index contributed by atoms with van der Waals surface area (Å²) in [4.78, 5) is 33.1. The minimum absolute atomic E-state index is 0.245. The van der Waals surface area contributed by atoms with E-state index in [1.165, 1.54) is 0 Å². The maximum absolute atomic E-state index is 12.3. The molecule has 1 aliphatic rings. The molecule has 10 nitrogen and oxygen atoms in total. The predicted octanol–water partition coefficient (Wildman–Crippen LogP) is 4.82. The van der Waals surface area contributed by atoms with Crippen LogP contribution in [0.5, 0.6) is 5.75 Å². The summed E-state index contributed by atoms with van der Waals surface area (Å²) in [5, 5.41) is 3.29. The van der Waals surface area contributed by atoms with E-state index in [-0.39, 0.29) is 6.09 Å². The number of hydrogen-bond acceptors (Lipinski definition) is 8. The Morgan fingerprint density at radius 2 is 1.89 bits per heavy atom. The zero-order valence-electron chi connectivity index (χ0n) is 22.2. The van der Waals surface area contributed by atoms with Gasteiger partial charge in [-0.25, -0.2) is 14.8 Å². The third-order valence-corrected chi connectivity index (χ3v) is 6.29. The number of rotatable bonds is 6. The number of nitrogens with one attached hydrogen (secondary N) is 2. The van der Waals surface area contributed by atoms with Gasteiger partial charge >= 0.3 is 6.09 Å². The van der Waals surface area contributed by atoms with Gasteiger partial charge in [-0.1, -0.05) is 6.07 Å². The lowest BCUT2D eigenvalue weighted by atomic mass is 10.1. The quantitative estimate of drug-likeness (QED) is 0.376. The van der Waals surface area contributed by atoms with Crippen LogP contribution in [0, 0.1) is 0 Å². The van der Waals surface area contributed by atoms with Gasteiger partial charge in [0.2, 0.25) is 5.95 Å². The van der Waals surface area contributed by atoms with Crippen molar-refractivity contribution in [3.8, 4) is 16.9 Å². The van der Waals surface area contributed by atoms with Gasteiger partial charge < -0.3 is 24.7 Å². The molecule has 4 aromatic rings. The lowest BCUT2D eigenvalue weighted by molar-refractivity contribution is 0.0139. The summed E-state index contributed by atoms with van der Waals surface area (Å²) in [6.07, 6.45) is 5.06. The largest absolute Gasteiger partial charge is 0.496 e. The molecule has 1 amide bonds. The smallest absolute Gasteiger partial charge is 0.410 e. The number of benzene rings is 1. The Balaban J connectivity index is 1.22. The highest BCUT2D eigenvalue weighted by atomic mass is 16.6. The van der Waals surface area contributed by atoms with Gasteiger partial charge in [0.15, 0.2) is 0 Å². The van der Waals surface area contributed by atoms with E-state index in [2.05, 4.69) is 30.2 Å². The van der Waals surface area contributed by atoms with Crippen LogP contribution in [-0.2, 0) is 11.3 Å². The van der Waals surface area contributed by atoms with Crippen molar-refractivity contribution in [3.63, 3.8) is 0 Å². The van der Waals surface area contributed by atoms with Gasteiger partial charge in [0, 0.05) is 56.9 Å². The van der Waals surface area contributed by atoms with Crippen LogP contribution in [0.1, 0.15) is 26.3 Å². The first kappa shape index (κ1) is 25.5. The van der Waals surface area contributed by atoms with Crippen LogP contribution >= 0.6 is 0 Å². The molecule has 0 spiro atoms. The van der Waals surface area contributed by atoms with Crippen LogP contribution < -0.4 is 10.1 Å². The van der Waals surface area contributed by atoms with Crippen LogP contribution in [0.2, 0.25) is 0 Å². The molecule has 0 saturated carbocycles. The van der Waals surface area contributed by atoms with E-state index in [4.69, 9.17) is 9.47 Å². The summed E-state index contributed by atoms with van der Waals surface area (Å²) in [5.74, 6) is 2.10. The van der Waals surface area contributed by atoms with Crippen molar-refractivity contribution < 1.29 is 14.3 Å². The first-order chi connectivity index (χ1) is 18.3. The van der Waals surface area contributed by atoms with Crippen molar-refractivity contribution in [2.75, 3.05) is 38.6 Å². The molecule has 0 radical (unpaired) electrons. The van der Waals surface area contributed by atoms with Gasteiger partial charge in [-0.3, -0.25) is 9.88 Å². The lowest BCUT2D eigenvalue weighted by Crippen LogP contribution is -2.49. The fourth-order valence-electron chi connectivity index (χ4n) is 4.45. The Labute approximate surface area is 222 Å². The highest BCUT2D eigenvalue weighted by Crippen LogP contribution is 2.31. The minimum Gasteiger partial charge on any atom is -0.496 e. The SMILES string of the molecule is COc1ccncc1-c1ccc2nc(Nc3cc(CN4CCN(C(=O)OC(C)(C)C)CC4)ccn3)[nH]c2c1. The Kier molecular flexibility index (Phi) is 7.15. The van der Waals surface area contributed by atoms with E-state index in [1.807, 2.05) is 57.2 Å². The second-order valence-electron chi connectivity index (χ2n) is 10.3. The maximum Gasteiger partial charge on any atom is 0.410 e. The molecular formula is C28H33N7O3.